The van der Waals surface area contributed by atoms with Gasteiger partial charge in [0.15, 0.2) is 0 Å². The molecule has 2 aromatic carbocycles. The van der Waals surface area contributed by atoms with Gasteiger partial charge in [-0.2, -0.15) is 0 Å². The largest absolute Gasteiger partial charge is 0.313 e. The molecule has 0 heterocycles. The molecule has 2 aromatic rings. The minimum Gasteiger partial charge on any atom is -0.313 e. The van der Waals surface area contributed by atoms with E-state index in [2.05, 4.69) is 5.32 Å². The van der Waals surface area contributed by atoms with Crippen LogP contribution in [0.1, 0.15) is 12.5 Å². The molecule has 1 nitrogen and oxygen atoms in total. The second-order valence-electron chi connectivity index (χ2n) is 4.21. The smallest absolute Gasteiger partial charge is 0.128 e. The van der Waals surface area contributed by atoms with E-state index < -0.39 is 0 Å². The molecule has 0 bridgehead atoms. The molecule has 4 heteroatoms. The Morgan fingerprint density at radius 2 is 1.89 bits per heavy atom. The zero-order chi connectivity index (χ0) is 13.8. The van der Waals surface area contributed by atoms with E-state index in [1.807, 2.05) is 13.0 Å². The maximum absolute atomic E-state index is 14.0. The summed E-state index contributed by atoms with van der Waals surface area (Å²) in [5.41, 5.74) is 2.11. The summed E-state index contributed by atoms with van der Waals surface area (Å²) >= 11 is 12.1. The second kappa shape index (κ2) is 6.38. The van der Waals surface area contributed by atoms with Crippen LogP contribution in [0.2, 0.25) is 10.0 Å². The Morgan fingerprint density at radius 3 is 2.58 bits per heavy atom. The van der Waals surface area contributed by atoms with Gasteiger partial charge in [0.2, 0.25) is 0 Å². The van der Waals surface area contributed by atoms with Crippen molar-refractivity contribution in [1.82, 2.24) is 5.32 Å². The molecule has 0 fully saturated rings. The summed E-state index contributed by atoms with van der Waals surface area (Å²) in [4.78, 5) is 0. The molecule has 0 saturated carbocycles. The monoisotopic (exact) mass is 297 g/mol. The molecule has 19 heavy (non-hydrogen) atoms. The molecule has 0 aliphatic rings. The lowest BCUT2D eigenvalue weighted by atomic mass is 10.0. The van der Waals surface area contributed by atoms with Crippen LogP contribution < -0.4 is 5.32 Å². The molecular formula is C15H14Cl2FN. The third-order valence-corrected chi connectivity index (χ3v) is 3.42. The minimum absolute atomic E-state index is 0.241. The number of hydrogen-bond donors (Lipinski definition) is 1. The predicted octanol–water partition coefficient (Wildman–Crippen LogP) is 4.91. The molecule has 0 amide bonds. The fraction of sp³-hybridized carbons (Fsp3) is 0.200. The zero-order valence-corrected chi connectivity index (χ0v) is 12.0. The lowest BCUT2D eigenvalue weighted by molar-refractivity contribution is 0.594. The first-order chi connectivity index (χ1) is 9.11. The maximum atomic E-state index is 14.0. The lowest BCUT2D eigenvalue weighted by Crippen LogP contribution is -2.12. The van der Waals surface area contributed by atoms with E-state index in [4.69, 9.17) is 23.2 Å². The van der Waals surface area contributed by atoms with Crippen molar-refractivity contribution in [2.45, 2.75) is 13.5 Å². The van der Waals surface area contributed by atoms with Gasteiger partial charge in [-0.3, -0.25) is 0 Å². The van der Waals surface area contributed by atoms with Crippen molar-refractivity contribution in [2.24, 2.45) is 0 Å². The van der Waals surface area contributed by atoms with E-state index >= 15 is 0 Å². The van der Waals surface area contributed by atoms with Gasteiger partial charge in [0, 0.05) is 27.7 Å². The standard InChI is InChI=1S/C15H14Cl2FN/c1-2-19-9-11-4-3-10(7-15(11)18)13-8-12(16)5-6-14(13)17/h3-8,19H,2,9H2,1H3. The summed E-state index contributed by atoms with van der Waals surface area (Å²) < 4.78 is 14.0. The Balaban J connectivity index is 2.36. The molecular weight excluding hydrogens is 284 g/mol. The Labute approximate surface area is 122 Å². The van der Waals surface area contributed by atoms with Gasteiger partial charge in [-0.15, -0.1) is 0 Å². The first-order valence-corrected chi connectivity index (χ1v) is 6.82. The zero-order valence-electron chi connectivity index (χ0n) is 10.5. The highest BCUT2D eigenvalue weighted by atomic mass is 35.5. The summed E-state index contributed by atoms with van der Waals surface area (Å²) in [6.45, 7) is 3.31. The molecule has 0 saturated heterocycles. The van der Waals surface area contributed by atoms with E-state index in [1.54, 1.807) is 24.3 Å². The fourth-order valence-corrected chi connectivity index (χ4v) is 2.24. The highest BCUT2D eigenvalue weighted by Crippen LogP contribution is 2.31. The van der Waals surface area contributed by atoms with Crippen molar-refractivity contribution in [3.63, 3.8) is 0 Å². The van der Waals surface area contributed by atoms with Crippen LogP contribution in [0, 0.1) is 5.82 Å². The Bertz CT molecular complexity index is 584. The molecule has 100 valence electrons. The number of nitrogens with one attached hydrogen (secondary N) is 1. The Kier molecular flexibility index (Phi) is 4.81. The number of rotatable bonds is 4. The summed E-state index contributed by atoms with van der Waals surface area (Å²) in [5, 5.41) is 4.24. The van der Waals surface area contributed by atoms with Crippen LogP contribution in [0.3, 0.4) is 0 Å². The molecule has 2 rings (SSSR count). The number of hydrogen-bond acceptors (Lipinski definition) is 1. The fourth-order valence-electron chi connectivity index (χ4n) is 1.84. The summed E-state index contributed by atoms with van der Waals surface area (Å²) in [7, 11) is 0. The van der Waals surface area contributed by atoms with Gasteiger partial charge in [-0.25, -0.2) is 4.39 Å². The van der Waals surface area contributed by atoms with Gasteiger partial charge in [-0.05, 0) is 36.4 Å². The molecule has 0 spiro atoms. The van der Waals surface area contributed by atoms with E-state index in [-0.39, 0.29) is 5.82 Å². The normalized spacial score (nSPS) is 10.7. The molecule has 1 N–H and O–H groups in total. The minimum atomic E-state index is -0.241. The molecule has 0 aliphatic heterocycles. The predicted molar refractivity (Wildman–Crippen MR) is 79.2 cm³/mol. The summed E-state index contributed by atoms with van der Waals surface area (Å²) in [5.74, 6) is -0.241. The van der Waals surface area contributed by atoms with Gasteiger partial charge in [0.25, 0.3) is 0 Å². The van der Waals surface area contributed by atoms with Crippen molar-refractivity contribution in [1.29, 1.82) is 0 Å². The molecule has 0 radical (unpaired) electrons. The van der Waals surface area contributed by atoms with Crippen LogP contribution in [-0.4, -0.2) is 6.54 Å². The van der Waals surface area contributed by atoms with Crippen molar-refractivity contribution in [2.75, 3.05) is 6.54 Å². The Morgan fingerprint density at radius 1 is 1.11 bits per heavy atom. The second-order valence-corrected chi connectivity index (χ2v) is 5.05. The van der Waals surface area contributed by atoms with Crippen LogP contribution in [0.5, 0.6) is 0 Å². The molecule has 0 unspecified atom stereocenters. The van der Waals surface area contributed by atoms with Crippen LogP contribution in [0.15, 0.2) is 36.4 Å². The molecule has 0 aliphatic carbocycles. The van der Waals surface area contributed by atoms with Crippen LogP contribution in [0.25, 0.3) is 11.1 Å². The van der Waals surface area contributed by atoms with Crippen molar-refractivity contribution in [3.05, 3.63) is 57.8 Å². The van der Waals surface area contributed by atoms with E-state index in [1.165, 1.54) is 6.07 Å². The number of benzene rings is 2. The van der Waals surface area contributed by atoms with Crippen molar-refractivity contribution < 1.29 is 4.39 Å². The lowest BCUT2D eigenvalue weighted by Gasteiger charge is -2.09. The highest BCUT2D eigenvalue weighted by molar-refractivity contribution is 6.35. The van der Waals surface area contributed by atoms with Gasteiger partial charge < -0.3 is 5.32 Å². The van der Waals surface area contributed by atoms with Gasteiger partial charge in [-0.1, -0.05) is 42.3 Å². The molecule has 0 atom stereocenters. The third-order valence-electron chi connectivity index (χ3n) is 2.86. The van der Waals surface area contributed by atoms with Crippen LogP contribution in [0.4, 0.5) is 4.39 Å². The Hall–Kier alpha value is -1.09. The van der Waals surface area contributed by atoms with Gasteiger partial charge >= 0.3 is 0 Å². The summed E-state index contributed by atoms with van der Waals surface area (Å²) in [6.07, 6.45) is 0. The van der Waals surface area contributed by atoms with Gasteiger partial charge in [0.05, 0.1) is 0 Å². The van der Waals surface area contributed by atoms with Crippen molar-refractivity contribution in [3.8, 4) is 11.1 Å². The van der Waals surface area contributed by atoms with Crippen LogP contribution >= 0.6 is 23.2 Å². The van der Waals surface area contributed by atoms with E-state index in [9.17, 15) is 4.39 Å². The number of halogens is 3. The van der Waals surface area contributed by atoms with Gasteiger partial charge in [0.1, 0.15) is 5.82 Å². The SMILES string of the molecule is CCNCc1ccc(-c2cc(Cl)ccc2Cl)cc1F. The van der Waals surface area contributed by atoms with E-state index in [0.29, 0.717) is 22.2 Å². The van der Waals surface area contributed by atoms with Crippen molar-refractivity contribution >= 4 is 23.2 Å². The maximum Gasteiger partial charge on any atom is 0.128 e. The first-order valence-electron chi connectivity index (χ1n) is 6.06. The van der Waals surface area contributed by atoms with E-state index in [0.717, 1.165) is 17.7 Å². The average molecular weight is 298 g/mol. The third kappa shape index (κ3) is 3.47. The first kappa shape index (κ1) is 14.3. The highest BCUT2D eigenvalue weighted by Gasteiger charge is 2.08. The topological polar surface area (TPSA) is 12.0 Å². The molecule has 0 aromatic heterocycles. The van der Waals surface area contributed by atoms with Crippen LogP contribution in [-0.2, 0) is 6.54 Å². The quantitative estimate of drug-likeness (QED) is 0.845. The summed E-state index contributed by atoms with van der Waals surface area (Å²) in [6, 6.07) is 10.3. The average Bonchev–Trinajstić information content (AvgIpc) is 2.40.